The van der Waals surface area contributed by atoms with Gasteiger partial charge in [0, 0.05) is 19.6 Å². The van der Waals surface area contributed by atoms with Gasteiger partial charge in [0.15, 0.2) is 9.84 Å². The maximum atomic E-state index is 12.6. The molecule has 1 aromatic carbocycles. The fraction of sp³-hybridized carbons (Fsp3) is 0.588. The Morgan fingerprint density at radius 2 is 2.04 bits per heavy atom. The second-order valence-electron chi connectivity index (χ2n) is 6.44. The summed E-state index contributed by atoms with van der Waals surface area (Å²) in [7, 11) is 0.515. The van der Waals surface area contributed by atoms with Gasteiger partial charge in [-0.2, -0.15) is 0 Å². The summed E-state index contributed by atoms with van der Waals surface area (Å²) in [5.41, 5.74) is 0. The van der Waals surface area contributed by atoms with Gasteiger partial charge in [-0.15, -0.1) is 0 Å². The van der Waals surface area contributed by atoms with Gasteiger partial charge in [-0.3, -0.25) is 9.69 Å². The van der Waals surface area contributed by atoms with E-state index in [9.17, 15) is 13.2 Å². The number of hydrogen-bond donors (Lipinski definition) is 0. The van der Waals surface area contributed by atoms with Gasteiger partial charge in [0.2, 0.25) is 5.91 Å². The standard InChI is InChI=1S/C17H25ClN2O4S/c1-13(17(21)20(3)14-8-11-25(22,23)12-14)19(2)9-10-24-16-7-5-4-6-15(16)18/h4-7,13-14H,8-12H2,1-3H3/t13-,14+/m0/s1. The van der Waals surface area contributed by atoms with E-state index in [4.69, 9.17) is 16.3 Å². The lowest BCUT2D eigenvalue weighted by Gasteiger charge is -2.31. The molecule has 6 nitrogen and oxygen atoms in total. The minimum absolute atomic E-state index is 0.0568. The van der Waals surface area contributed by atoms with Crippen molar-refractivity contribution >= 4 is 27.3 Å². The summed E-state index contributed by atoms with van der Waals surface area (Å²) in [4.78, 5) is 16.1. The molecular formula is C17H25ClN2O4S. The summed E-state index contributed by atoms with van der Waals surface area (Å²) in [5, 5.41) is 0.552. The summed E-state index contributed by atoms with van der Waals surface area (Å²) in [5.74, 6) is 0.749. The maximum absolute atomic E-state index is 12.6. The number of halogens is 1. The second-order valence-corrected chi connectivity index (χ2v) is 9.08. The molecule has 1 aromatic rings. The molecule has 8 heteroatoms. The Bertz CT molecular complexity index is 710. The number of amides is 1. The first-order valence-electron chi connectivity index (χ1n) is 8.26. The van der Waals surface area contributed by atoms with E-state index in [1.807, 2.05) is 31.0 Å². The lowest BCUT2D eigenvalue weighted by atomic mass is 10.2. The zero-order chi connectivity index (χ0) is 18.6. The van der Waals surface area contributed by atoms with Crippen LogP contribution in [0.15, 0.2) is 24.3 Å². The second kappa shape index (κ2) is 8.38. The van der Waals surface area contributed by atoms with Crippen molar-refractivity contribution in [2.24, 2.45) is 0 Å². The molecule has 0 N–H and O–H groups in total. The van der Waals surface area contributed by atoms with Crippen molar-refractivity contribution in [1.29, 1.82) is 0 Å². The third-order valence-corrected chi connectivity index (χ3v) is 6.72. The van der Waals surface area contributed by atoms with Crippen LogP contribution in [-0.2, 0) is 14.6 Å². The van der Waals surface area contributed by atoms with Crippen LogP contribution in [0.2, 0.25) is 5.02 Å². The first-order valence-corrected chi connectivity index (χ1v) is 10.5. The molecule has 2 atom stereocenters. The number of para-hydroxylation sites is 1. The minimum atomic E-state index is -3.01. The zero-order valence-electron chi connectivity index (χ0n) is 14.8. The molecule has 1 saturated heterocycles. The topological polar surface area (TPSA) is 66.9 Å². The third kappa shape index (κ3) is 5.33. The molecular weight excluding hydrogens is 364 g/mol. The average molecular weight is 389 g/mol. The van der Waals surface area contributed by atoms with Crippen LogP contribution in [0.4, 0.5) is 0 Å². The van der Waals surface area contributed by atoms with Gasteiger partial charge in [-0.25, -0.2) is 8.42 Å². The van der Waals surface area contributed by atoms with Crippen LogP contribution < -0.4 is 4.74 Å². The molecule has 1 heterocycles. The molecule has 0 spiro atoms. The highest BCUT2D eigenvalue weighted by Crippen LogP contribution is 2.23. The summed E-state index contributed by atoms with van der Waals surface area (Å²) < 4.78 is 28.8. The highest BCUT2D eigenvalue weighted by Gasteiger charge is 2.34. The van der Waals surface area contributed by atoms with E-state index >= 15 is 0 Å². The van der Waals surface area contributed by atoms with Crippen molar-refractivity contribution in [3.63, 3.8) is 0 Å². The number of likely N-dealkylation sites (N-methyl/N-ethyl adjacent to an activating group) is 2. The SMILES string of the molecule is C[C@@H](C(=O)N(C)[C@@H]1CCS(=O)(=O)C1)N(C)CCOc1ccccc1Cl. The van der Waals surface area contributed by atoms with E-state index < -0.39 is 9.84 Å². The normalized spacial score (nSPS) is 20.4. The first-order chi connectivity index (χ1) is 11.7. The van der Waals surface area contributed by atoms with Crippen LogP contribution in [-0.4, -0.2) is 75.0 Å². The molecule has 2 rings (SSSR count). The molecule has 1 aliphatic rings. The average Bonchev–Trinajstić information content (AvgIpc) is 2.94. The van der Waals surface area contributed by atoms with E-state index in [0.717, 1.165) is 0 Å². The molecule has 1 amide bonds. The zero-order valence-corrected chi connectivity index (χ0v) is 16.4. The number of carbonyl (C=O) groups excluding carboxylic acids is 1. The lowest BCUT2D eigenvalue weighted by Crippen LogP contribution is -2.49. The summed E-state index contributed by atoms with van der Waals surface area (Å²) in [6.45, 7) is 2.77. The number of benzene rings is 1. The highest BCUT2D eigenvalue weighted by atomic mass is 35.5. The highest BCUT2D eigenvalue weighted by molar-refractivity contribution is 7.91. The van der Waals surface area contributed by atoms with Crippen molar-refractivity contribution in [1.82, 2.24) is 9.80 Å². The number of nitrogens with zero attached hydrogens (tertiary/aromatic N) is 2. The van der Waals surface area contributed by atoms with Gasteiger partial charge in [-0.1, -0.05) is 23.7 Å². The van der Waals surface area contributed by atoms with Gasteiger partial charge in [-0.05, 0) is 32.5 Å². The quantitative estimate of drug-likeness (QED) is 0.711. The summed E-state index contributed by atoms with van der Waals surface area (Å²) >= 11 is 6.04. The minimum Gasteiger partial charge on any atom is -0.491 e. The smallest absolute Gasteiger partial charge is 0.239 e. The Labute approximate surface area is 154 Å². The van der Waals surface area contributed by atoms with Crippen LogP contribution in [0.25, 0.3) is 0 Å². The Morgan fingerprint density at radius 3 is 2.64 bits per heavy atom. The Morgan fingerprint density at radius 1 is 1.36 bits per heavy atom. The van der Waals surface area contributed by atoms with Crippen LogP contribution in [0.3, 0.4) is 0 Å². The molecule has 0 saturated carbocycles. The predicted octanol–water partition coefficient (Wildman–Crippen LogP) is 1.68. The molecule has 140 valence electrons. The molecule has 0 radical (unpaired) electrons. The molecule has 0 aromatic heterocycles. The van der Waals surface area contributed by atoms with Gasteiger partial charge >= 0.3 is 0 Å². The molecule has 25 heavy (non-hydrogen) atoms. The number of sulfone groups is 1. The van der Waals surface area contributed by atoms with Gasteiger partial charge in [0.1, 0.15) is 12.4 Å². The molecule has 0 aliphatic carbocycles. The van der Waals surface area contributed by atoms with E-state index in [1.54, 1.807) is 24.1 Å². The number of ether oxygens (including phenoxy) is 1. The van der Waals surface area contributed by atoms with Crippen molar-refractivity contribution in [2.75, 3.05) is 38.8 Å². The monoisotopic (exact) mass is 388 g/mol. The van der Waals surface area contributed by atoms with Crippen molar-refractivity contribution in [2.45, 2.75) is 25.4 Å². The van der Waals surface area contributed by atoms with E-state index in [1.165, 1.54) is 0 Å². The van der Waals surface area contributed by atoms with Gasteiger partial charge in [0.25, 0.3) is 0 Å². The van der Waals surface area contributed by atoms with E-state index in [2.05, 4.69) is 0 Å². The van der Waals surface area contributed by atoms with Crippen LogP contribution in [0.1, 0.15) is 13.3 Å². The molecule has 1 aliphatic heterocycles. The van der Waals surface area contributed by atoms with Crippen LogP contribution in [0.5, 0.6) is 5.75 Å². The lowest BCUT2D eigenvalue weighted by molar-refractivity contribution is -0.136. The van der Waals surface area contributed by atoms with Gasteiger partial charge in [0.05, 0.1) is 22.6 Å². The predicted molar refractivity (Wildman–Crippen MR) is 98.9 cm³/mol. The fourth-order valence-corrected chi connectivity index (χ4v) is 4.76. The van der Waals surface area contributed by atoms with Crippen molar-refractivity contribution in [3.8, 4) is 5.75 Å². The van der Waals surface area contributed by atoms with Gasteiger partial charge < -0.3 is 9.64 Å². The van der Waals surface area contributed by atoms with E-state index in [-0.39, 0.29) is 29.5 Å². The Hall–Kier alpha value is -1.31. The Kier molecular flexibility index (Phi) is 6.71. The van der Waals surface area contributed by atoms with Crippen molar-refractivity contribution < 1.29 is 17.9 Å². The molecule has 1 fully saturated rings. The Balaban J connectivity index is 1.83. The number of rotatable bonds is 7. The van der Waals surface area contributed by atoms with Crippen molar-refractivity contribution in [3.05, 3.63) is 29.3 Å². The number of carbonyl (C=O) groups is 1. The van der Waals surface area contributed by atoms with E-state index in [0.29, 0.717) is 30.3 Å². The maximum Gasteiger partial charge on any atom is 0.239 e. The molecule has 0 unspecified atom stereocenters. The van der Waals surface area contributed by atoms with Crippen LogP contribution in [0, 0.1) is 0 Å². The fourth-order valence-electron chi connectivity index (χ4n) is 2.80. The number of hydrogen-bond acceptors (Lipinski definition) is 5. The summed E-state index contributed by atoms with van der Waals surface area (Å²) in [6.07, 6.45) is 0.511. The van der Waals surface area contributed by atoms with Crippen LogP contribution >= 0.6 is 11.6 Å². The first kappa shape index (κ1) is 20.0. The molecule has 0 bridgehead atoms. The third-order valence-electron chi connectivity index (χ3n) is 4.66. The largest absolute Gasteiger partial charge is 0.491 e. The summed E-state index contributed by atoms with van der Waals surface area (Å²) in [6, 6.07) is 6.65.